The molecule has 1 saturated carbocycles. The lowest BCUT2D eigenvalue weighted by molar-refractivity contribution is -0.130. The molecule has 1 fully saturated rings. The first-order valence-electron chi connectivity index (χ1n) is 9.26. The summed E-state index contributed by atoms with van der Waals surface area (Å²) in [7, 11) is -3.75. The van der Waals surface area contributed by atoms with E-state index >= 15 is 0 Å². The zero-order valence-electron chi connectivity index (χ0n) is 15.3. The summed E-state index contributed by atoms with van der Waals surface area (Å²) in [6.45, 7) is 1.08. The van der Waals surface area contributed by atoms with Crippen molar-refractivity contribution < 1.29 is 17.6 Å². The molecule has 148 valence electrons. The van der Waals surface area contributed by atoms with E-state index in [1.165, 1.54) is 12.1 Å². The van der Waals surface area contributed by atoms with Gasteiger partial charge in [0.05, 0.1) is 11.4 Å². The third kappa shape index (κ3) is 3.88. The van der Waals surface area contributed by atoms with Gasteiger partial charge in [-0.2, -0.15) is 0 Å². The number of rotatable bonds is 6. The van der Waals surface area contributed by atoms with E-state index in [-0.39, 0.29) is 35.8 Å². The number of hydrogen-bond donors (Lipinski definition) is 1. The number of carbonyl (C=O) groups excluding carboxylic acids is 1. The van der Waals surface area contributed by atoms with E-state index in [1.807, 2.05) is 4.90 Å². The largest absolute Gasteiger partial charge is 0.362 e. The Morgan fingerprint density at radius 1 is 1.21 bits per heavy atom. The first-order chi connectivity index (χ1) is 13.3. The van der Waals surface area contributed by atoms with Gasteiger partial charge in [-0.15, -0.1) is 0 Å². The van der Waals surface area contributed by atoms with E-state index < -0.39 is 10.0 Å². The summed E-state index contributed by atoms with van der Waals surface area (Å²) >= 11 is 0. The fraction of sp³-hybridized carbons (Fsp3) is 0.350. The lowest BCUT2D eigenvalue weighted by Crippen LogP contribution is -2.41. The summed E-state index contributed by atoms with van der Waals surface area (Å²) in [4.78, 5) is 16.8. The molecule has 1 aliphatic carbocycles. The van der Waals surface area contributed by atoms with E-state index in [9.17, 15) is 17.6 Å². The van der Waals surface area contributed by atoms with Crippen LogP contribution in [0.25, 0.3) is 0 Å². The summed E-state index contributed by atoms with van der Waals surface area (Å²) in [5, 5.41) is 5.20. The Morgan fingerprint density at radius 2 is 1.96 bits per heavy atom. The summed E-state index contributed by atoms with van der Waals surface area (Å²) < 4.78 is 37.1. The van der Waals surface area contributed by atoms with Gasteiger partial charge in [0.15, 0.2) is 0 Å². The Morgan fingerprint density at radius 3 is 2.64 bits per heavy atom. The molecular weight excluding hydrogens is 381 g/mol. The summed E-state index contributed by atoms with van der Waals surface area (Å²) in [5.41, 5.74) is 2.23. The van der Waals surface area contributed by atoms with Gasteiger partial charge in [0.25, 0.3) is 0 Å². The van der Waals surface area contributed by atoms with Crippen molar-refractivity contribution >= 4 is 21.6 Å². The van der Waals surface area contributed by atoms with Gasteiger partial charge in [0.2, 0.25) is 15.9 Å². The molecule has 0 saturated heterocycles. The standard InChI is InChI=1S/C20H22FN3O3S/c21-18-4-2-1-3-15(18)12-24(16-5-6-16)20(25)13-23-10-9-14-11-17(28(22,26)27)7-8-19(14)23/h1-4,7-8,11,16H,5-6,9-10,12-13H2,(H2,22,26,27). The third-order valence-electron chi connectivity index (χ3n) is 5.30. The van der Waals surface area contributed by atoms with Gasteiger partial charge in [-0.3, -0.25) is 4.79 Å². The van der Waals surface area contributed by atoms with Gasteiger partial charge in [0.1, 0.15) is 5.82 Å². The van der Waals surface area contributed by atoms with Crippen LogP contribution in [-0.4, -0.2) is 38.4 Å². The highest BCUT2D eigenvalue weighted by molar-refractivity contribution is 7.89. The van der Waals surface area contributed by atoms with Crippen molar-refractivity contribution in [1.82, 2.24) is 4.90 Å². The highest BCUT2D eigenvalue weighted by Gasteiger charge is 2.34. The predicted molar refractivity (Wildman–Crippen MR) is 104 cm³/mol. The van der Waals surface area contributed by atoms with Crippen LogP contribution < -0.4 is 10.0 Å². The van der Waals surface area contributed by atoms with Crippen LogP contribution in [0.1, 0.15) is 24.0 Å². The molecule has 8 heteroatoms. The molecule has 4 rings (SSSR count). The molecule has 2 N–H and O–H groups in total. The number of fused-ring (bicyclic) bond motifs is 1. The third-order valence-corrected chi connectivity index (χ3v) is 6.21. The number of hydrogen-bond acceptors (Lipinski definition) is 4. The Balaban J connectivity index is 1.50. The maximum Gasteiger partial charge on any atom is 0.242 e. The van der Waals surface area contributed by atoms with Gasteiger partial charge in [0, 0.05) is 30.4 Å². The Kier molecular flexibility index (Phi) is 4.84. The molecule has 2 aromatic rings. The van der Waals surface area contributed by atoms with E-state index in [1.54, 1.807) is 35.2 Å². The number of amides is 1. The van der Waals surface area contributed by atoms with Crippen molar-refractivity contribution in [3.8, 4) is 0 Å². The first-order valence-corrected chi connectivity index (χ1v) is 10.8. The number of anilines is 1. The lowest BCUT2D eigenvalue weighted by atomic mass is 10.2. The summed E-state index contributed by atoms with van der Waals surface area (Å²) in [6, 6.07) is 11.4. The highest BCUT2D eigenvalue weighted by Crippen LogP contribution is 2.32. The fourth-order valence-corrected chi connectivity index (χ4v) is 4.22. The van der Waals surface area contributed by atoms with E-state index in [4.69, 9.17) is 5.14 Å². The molecule has 1 heterocycles. The van der Waals surface area contributed by atoms with E-state index in [2.05, 4.69) is 0 Å². The topological polar surface area (TPSA) is 83.7 Å². The second kappa shape index (κ2) is 7.18. The minimum atomic E-state index is -3.75. The van der Waals surface area contributed by atoms with Crippen LogP contribution in [0, 0.1) is 5.82 Å². The molecule has 2 aromatic carbocycles. The summed E-state index contributed by atoms with van der Waals surface area (Å²) in [5.74, 6) is -0.350. The van der Waals surface area contributed by atoms with Gasteiger partial charge < -0.3 is 9.80 Å². The van der Waals surface area contributed by atoms with Crippen LogP contribution in [-0.2, 0) is 27.8 Å². The van der Waals surface area contributed by atoms with Crippen LogP contribution in [0.15, 0.2) is 47.4 Å². The van der Waals surface area contributed by atoms with Gasteiger partial charge in [-0.25, -0.2) is 17.9 Å². The molecule has 6 nitrogen and oxygen atoms in total. The number of nitrogens with two attached hydrogens (primary N) is 1. The number of benzene rings is 2. The quantitative estimate of drug-likeness (QED) is 0.800. The van der Waals surface area contributed by atoms with Gasteiger partial charge in [-0.1, -0.05) is 18.2 Å². The van der Waals surface area contributed by atoms with Gasteiger partial charge in [-0.05, 0) is 49.1 Å². The molecule has 0 unspecified atom stereocenters. The fourth-order valence-electron chi connectivity index (χ4n) is 3.66. The minimum Gasteiger partial charge on any atom is -0.362 e. The second-order valence-electron chi connectivity index (χ2n) is 7.35. The number of nitrogens with zero attached hydrogens (tertiary/aromatic N) is 2. The average molecular weight is 403 g/mol. The molecule has 0 aromatic heterocycles. The number of primary sulfonamides is 1. The maximum atomic E-state index is 14.0. The SMILES string of the molecule is NS(=O)(=O)c1ccc2c(c1)CCN2CC(=O)N(Cc1ccccc1F)C1CC1. The van der Waals surface area contributed by atoms with Crippen molar-refractivity contribution in [2.45, 2.75) is 36.7 Å². The van der Waals surface area contributed by atoms with Crippen LogP contribution >= 0.6 is 0 Å². The monoisotopic (exact) mass is 403 g/mol. The molecule has 0 atom stereocenters. The van der Waals surface area contributed by atoms with Crippen molar-refractivity contribution in [2.75, 3.05) is 18.0 Å². The lowest BCUT2D eigenvalue weighted by Gasteiger charge is -2.27. The molecule has 2 aliphatic rings. The van der Waals surface area contributed by atoms with E-state index in [0.29, 0.717) is 18.5 Å². The van der Waals surface area contributed by atoms with Crippen LogP contribution in [0.2, 0.25) is 0 Å². The van der Waals surface area contributed by atoms with Crippen LogP contribution in [0.3, 0.4) is 0 Å². The molecule has 0 radical (unpaired) electrons. The zero-order chi connectivity index (χ0) is 19.9. The van der Waals surface area contributed by atoms with Crippen LogP contribution in [0.4, 0.5) is 10.1 Å². The van der Waals surface area contributed by atoms with Crippen molar-refractivity contribution in [3.05, 3.63) is 59.4 Å². The Labute approximate surface area is 163 Å². The van der Waals surface area contributed by atoms with E-state index in [0.717, 1.165) is 24.1 Å². The van der Waals surface area contributed by atoms with Gasteiger partial charge >= 0.3 is 0 Å². The average Bonchev–Trinajstić information content (AvgIpc) is 3.41. The number of carbonyl (C=O) groups is 1. The van der Waals surface area contributed by atoms with Crippen molar-refractivity contribution in [2.24, 2.45) is 5.14 Å². The molecule has 28 heavy (non-hydrogen) atoms. The molecule has 1 aliphatic heterocycles. The number of halogens is 1. The number of sulfonamides is 1. The highest BCUT2D eigenvalue weighted by atomic mass is 32.2. The predicted octanol–water partition coefficient (Wildman–Crippen LogP) is 2.03. The van der Waals surface area contributed by atoms with Crippen LogP contribution in [0.5, 0.6) is 0 Å². The Bertz CT molecular complexity index is 1020. The summed E-state index contributed by atoms with van der Waals surface area (Å²) in [6.07, 6.45) is 2.53. The zero-order valence-corrected chi connectivity index (χ0v) is 16.2. The molecule has 0 bridgehead atoms. The molecule has 0 spiro atoms. The normalized spacial score (nSPS) is 16.1. The molecular formula is C20H22FN3O3S. The van der Waals surface area contributed by atoms with Crippen molar-refractivity contribution in [1.29, 1.82) is 0 Å². The first kappa shape index (κ1) is 18.9. The minimum absolute atomic E-state index is 0.0471. The maximum absolute atomic E-state index is 14.0. The molecule has 1 amide bonds. The van der Waals surface area contributed by atoms with Crippen molar-refractivity contribution in [3.63, 3.8) is 0 Å². The smallest absolute Gasteiger partial charge is 0.242 e. The second-order valence-corrected chi connectivity index (χ2v) is 8.91. The Hall–Kier alpha value is -2.45.